The minimum Gasteiger partial charge on any atom is -0.348 e. The second-order valence-electron chi connectivity index (χ2n) is 2.24. The van der Waals surface area contributed by atoms with Crippen molar-refractivity contribution in [2.45, 2.75) is 18.8 Å². The number of aromatic amines is 1. The zero-order valence-corrected chi connectivity index (χ0v) is 5.57. The summed E-state index contributed by atoms with van der Waals surface area (Å²) in [6, 6.07) is 0. The van der Waals surface area contributed by atoms with Gasteiger partial charge in [-0.15, -0.1) is 0 Å². The van der Waals surface area contributed by atoms with Gasteiger partial charge < -0.3 is 4.52 Å². The number of H-pyrrole nitrogens is 1. The van der Waals surface area contributed by atoms with Gasteiger partial charge in [-0.2, -0.15) is 4.98 Å². The Balaban J connectivity index is 2.38. The van der Waals surface area contributed by atoms with E-state index in [0.29, 0.717) is 10.8 Å². The lowest BCUT2D eigenvalue weighted by Crippen LogP contribution is -1.79. The summed E-state index contributed by atoms with van der Waals surface area (Å²) < 4.78 is 4.74. The van der Waals surface area contributed by atoms with E-state index in [4.69, 9.17) is 4.52 Å². The number of hydrogen-bond donors (Lipinski definition) is 1. The molecule has 1 aromatic heterocycles. The summed E-state index contributed by atoms with van der Waals surface area (Å²) in [6.07, 6.45) is 2.44. The molecule has 0 atom stereocenters. The zero-order valence-electron chi connectivity index (χ0n) is 4.76. The molecule has 9 heavy (non-hydrogen) atoms. The van der Waals surface area contributed by atoms with Crippen LogP contribution in [0, 0.1) is 4.84 Å². The average molecular weight is 142 g/mol. The van der Waals surface area contributed by atoms with E-state index in [1.807, 2.05) is 0 Å². The molecule has 1 saturated carbocycles. The third kappa shape index (κ3) is 0.896. The smallest absolute Gasteiger partial charge is 0.314 e. The molecule has 0 amide bonds. The van der Waals surface area contributed by atoms with E-state index in [2.05, 4.69) is 22.4 Å². The fraction of sp³-hybridized carbons (Fsp3) is 0.600. The summed E-state index contributed by atoms with van der Waals surface area (Å²) >= 11 is 4.67. The first-order valence-electron chi connectivity index (χ1n) is 2.91. The molecule has 1 aromatic rings. The molecule has 1 fully saturated rings. The second kappa shape index (κ2) is 1.67. The highest BCUT2D eigenvalue weighted by atomic mass is 32.1. The number of nitrogens with zero attached hydrogens (tertiary/aromatic N) is 1. The first kappa shape index (κ1) is 5.17. The number of hydrogen-bond acceptors (Lipinski definition) is 3. The Bertz CT molecular complexity index is 260. The molecule has 0 aromatic carbocycles. The first-order valence-corrected chi connectivity index (χ1v) is 3.32. The molecular weight excluding hydrogens is 136 g/mol. The predicted octanol–water partition coefficient (Wildman–Crippen LogP) is 1.61. The molecule has 1 heterocycles. The van der Waals surface area contributed by atoms with Crippen molar-refractivity contribution in [1.29, 1.82) is 0 Å². The fourth-order valence-electron chi connectivity index (χ4n) is 0.771. The molecular formula is C5H6N2OS. The Morgan fingerprint density at radius 2 is 2.44 bits per heavy atom. The van der Waals surface area contributed by atoms with Crippen LogP contribution >= 0.6 is 12.2 Å². The van der Waals surface area contributed by atoms with Gasteiger partial charge in [-0.25, -0.2) is 5.16 Å². The molecule has 0 radical (unpaired) electrons. The van der Waals surface area contributed by atoms with Crippen LogP contribution < -0.4 is 0 Å². The number of aromatic nitrogens is 2. The molecule has 1 N–H and O–H groups in total. The maximum absolute atomic E-state index is 4.74. The lowest BCUT2D eigenvalue weighted by Gasteiger charge is -1.79. The Morgan fingerprint density at radius 3 is 2.89 bits per heavy atom. The van der Waals surface area contributed by atoms with Crippen molar-refractivity contribution in [2.75, 3.05) is 0 Å². The minimum absolute atomic E-state index is 0.317. The molecule has 0 aliphatic heterocycles. The van der Waals surface area contributed by atoms with Crippen molar-refractivity contribution in [2.24, 2.45) is 0 Å². The van der Waals surface area contributed by atoms with Gasteiger partial charge in [0.25, 0.3) is 0 Å². The van der Waals surface area contributed by atoms with Gasteiger partial charge in [-0.1, -0.05) is 0 Å². The SMILES string of the molecule is S=c1nc(C2CC2)[nH]o1. The van der Waals surface area contributed by atoms with Crippen molar-refractivity contribution >= 4 is 12.2 Å². The molecule has 2 rings (SSSR count). The lowest BCUT2D eigenvalue weighted by atomic mass is 10.4. The third-order valence-corrected chi connectivity index (χ3v) is 1.59. The molecule has 4 heteroatoms. The van der Waals surface area contributed by atoms with Crippen LogP contribution in [0.2, 0.25) is 0 Å². The molecule has 0 unspecified atom stereocenters. The van der Waals surface area contributed by atoms with E-state index in [1.165, 1.54) is 12.8 Å². The lowest BCUT2D eigenvalue weighted by molar-refractivity contribution is 0.398. The average Bonchev–Trinajstić information content (AvgIpc) is 2.58. The van der Waals surface area contributed by atoms with Crippen LogP contribution in [0.4, 0.5) is 0 Å². The van der Waals surface area contributed by atoms with Gasteiger partial charge in [-0.3, -0.25) is 0 Å². The zero-order chi connectivity index (χ0) is 6.27. The first-order chi connectivity index (χ1) is 4.36. The second-order valence-corrected chi connectivity index (χ2v) is 2.59. The van der Waals surface area contributed by atoms with E-state index in [1.54, 1.807) is 0 Å². The summed E-state index contributed by atoms with van der Waals surface area (Å²) in [5.41, 5.74) is 0. The number of nitrogens with one attached hydrogen (secondary N) is 1. The summed E-state index contributed by atoms with van der Waals surface area (Å²) in [5, 5.41) is 2.68. The van der Waals surface area contributed by atoms with E-state index >= 15 is 0 Å². The highest BCUT2D eigenvalue weighted by Gasteiger charge is 2.26. The summed E-state index contributed by atoms with van der Waals surface area (Å²) in [5.74, 6) is 1.52. The van der Waals surface area contributed by atoms with Gasteiger partial charge in [0.05, 0.1) is 0 Å². The van der Waals surface area contributed by atoms with Crippen LogP contribution in [0.3, 0.4) is 0 Å². The summed E-state index contributed by atoms with van der Waals surface area (Å²) in [4.78, 5) is 4.28. The van der Waals surface area contributed by atoms with Gasteiger partial charge in [0.15, 0.2) is 0 Å². The molecule has 1 aliphatic rings. The fourth-order valence-corrected chi connectivity index (χ4v) is 0.911. The predicted molar refractivity (Wildman–Crippen MR) is 33.7 cm³/mol. The van der Waals surface area contributed by atoms with Gasteiger partial charge in [0.1, 0.15) is 5.82 Å². The van der Waals surface area contributed by atoms with E-state index in [9.17, 15) is 0 Å². The van der Waals surface area contributed by atoms with Crippen molar-refractivity contribution in [3.63, 3.8) is 0 Å². The molecule has 1 aliphatic carbocycles. The van der Waals surface area contributed by atoms with E-state index in [0.717, 1.165) is 5.82 Å². The normalized spacial score (nSPS) is 18.2. The van der Waals surface area contributed by atoms with E-state index in [-0.39, 0.29) is 0 Å². The molecule has 0 bridgehead atoms. The van der Waals surface area contributed by atoms with Crippen molar-refractivity contribution in [3.8, 4) is 0 Å². The highest BCUT2D eigenvalue weighted by molar-refractivity contribution is 7.71. The quantitative estimate of drug-likeness (QED) is 0.606. The van der Waals surface area contributed by atoms with Crippen LogP contribution in [0.1, 0.15) is 24.6 Å². The molecule has 0 spiro atoms. The van der Waals surface area contributed by atoms with Crippen LogP contribution in [-0.4, -0.2) is 10.1 Å². The van der Waals surface area contributed by atoms with Crippen LogP contribution in [0.25, 0.3) is 0 Å². The highest BCUT2D eigenvalue weighted by Crippen LogP contribution is 2.37. The van der Waals surface area contributed by atoms with Crippen LogP contribution in [-0.2, 0) is 0 Å². The van der Waals surface area contributed by atoms with Gasteiger partial charge in [0.2, 0.25) is 0 Å². The summed E-state index contributed by atoms with van der Waals surface area (Å²) in [7, 11) is 0. The molecule has 0 saturated heterocycles. The molecule has 3 nitrogen and oxygen atoms in total. The van der Waals surface area contributed by atoms with Crippen molar-refractivity contribution in [3.05, 3.63) is 10.7 Å². The topological polar surface area (TPSA) is 41.8 Å². The number of rotatable bonds is 1. The Morgan fingerprint density at radius 1 is 1.67 bits per heavy atom. The van der Waals surface area contributed by atoms with Crippen LogP contribution in [0.15, 0.2) is 4.52 Å². The minimum atomic E-state index is 0.317. The molecule has 48 valence electrons. The Kier molecular flexibility index (Phi) is 0.958. The van der Waals surface area contributed by atoms with Gasteiger partial charge in [-0.05, 0) is 25.1 Å². The largest absolute Gasteiger partial charge is 0.348 e. The van der Waals surface area contributed by atoms with Gasteiger partial charge >= 0.3 is 4.84 Å². The van der Waals surface area contributed by atoms with Crippen molar-refractivity contribution in [1.82, 2.24) is 10.1 Å². The standard InChI is InChI=1S/C5H6N2OS/c9-5-6-4(7-8-5)3-1-2-3/h3H,1-2H2,(H,6,7,9). The van der Waals surface area contributed by atoms with Crippen LogP contribution in [0.5, 0.6) is 0 Å². The Hall–Kier alpha value is -0.640. The monoisotopic (exact) mass is 142 g/mol. The third-order valence-electron chi connectivity index (χ3n) is 1.42. The Labute approximate surface area is 57.1 Å². The van der Waals surface area contributed by atoms with E-state index < -0.39 is 0 Å². The van der Waals surface area contributed by atoms with Crippen molar-refractivity contribution < 1.29 is 4.52 Å². The maximum atomic E-state index is 4.74. The van der Waals surface area contributed by atoms with Gasteiger partial charge in [0, 0.05) is 5.92 Å². The summed E-state index contributed by atoms with van der Waals surface area (Å²) in [6.45, 7) is 0. The maximum Gasteiger partial charge on any atom is 0.314 e.